The predicted octanol–water partition coefficient (Wildman–Crippen LogP) is 4.94. The van der Waals surface area contributed by atoms with E-state index in [1.54, 1.807) is 55.7 Å². The van der Waals surface area contributed by atoms with Crippen LogP contribution in [-0.4, -0.2) is 33.3 Å². The third-order valence-corrected chi connectivity index (χ3v) is 5.76. The second kappa shape index (κ2) is 9.87. The van der Waals surface area contributed by atoms with Crippen LogP contribution in [0, 0.1) is 12.7 Å². The molecule has 1 aliphatic heterocycles. The van der Waals surface area contributed by atoms with Crippen LogP contribution >= 0.6 is 0 Å². The molecule has 0 saturated carbocycles. The molecule has 3 aromatic rings. The van der Waals surface area contributed by atoms with Crippen molar-refractivity contribution >= 4 is 17.4 Å². The van der Waals surface area contributed by atoms with Gasteiger partial charge in [-0.05, 0) is 60.4 Å². The summed E-state index contributed by atoms with van der Waals surface area (Å²) in [4.78, 5) is 31.6. The number of aliphatic hydroxyl groups is 1. The molecule has 0 spiro atoms. The Kier molecular flexibility index (Phi) is 6.72. The lowest BCUT2D eigenvalue weighted by molar-refractivity contribution is -0.140. The monoisotopic (exact) mass is 460 g/mol. The van der Waals surface area contributed by atoms with E-state index in [4.69, 9.17) is 4.74 Å². The topological polar surface area (TPSA) is 79.7 Å². The van der Waals surface area contributed by atoms with E-state index in [1.807, 2.05) is 6.92 Å². The number of rotatable bonds is 7. The van der Waals surface area contributed by atoms with E-state index in [2.05, 4.69) is 4.98 Å². The van der Waals surface area contributed by atoms with Gasteiger partial charge in [-0.1, -0.05) is 31.2 Å². The molecule has 1 aromatic heterocycles. The third kappa shape index (κ3) is 4.55. The maximum atomic E-state index is 14.2. The molecule has 0 bridgehead atoms. The summed E-state index contributed by atoms with van der Waals surface area (Å²) in [5.74, 6) is -1.81. The van der Waals surface area contributed by atoms with Crippen molar-refractivity contribution < 1.29 is 23.8 Å². The number of ether oxygens (including phenoxy) is 1. The number of aromatic nitrogens is 1. The number of ketones is 1. The summed E-state index contributed by atoms with van der Waals surface area (Å²) in [6.45, 7) is 4.33. The molecule has 1 N–H and O–H groups in total. The Hall–Kier alpha value is -4.00. The van der Waals surface area contributed by atoms with E-state index in [0.29, 0.717) is 23.5 Å². The molecule has 2 heterocycles. The fourth-order valence-corrected chi connectivity index (χ4v) is 3.94. The standard InChI is InChI=1S/C27H25FN2O4/c1-3-14-34-21-8-6-19(7-9-21)24-23(25(31)20-5-4-17(2)22(28)15-20)26(32)27(33)30(24)16-18-10-12-29-13-11-18/h4-13,15,24,31H,3,14,16H2,1-2H3/t24-/m1/s1. The molecule has 0 unspecified atom stereocenters. The first-order valence-electron chi connectivity index (χ1n) is 11.1. The van der Waals surface area contributed by atoms with Gasteiger partial charge >= 0.3 is 0 Å². The number of carbonyl (C=O) groups excluding carboxylic acids is 2. The van der Waals surface area contributed by atoms with Gasteiger partial charge in [-0.15, -0.1) is 0 Å². The Bertz CT molecular complexity index is 1240. The minimum absolute atomic E-state index is 0.0791. The van der Waals surface area contributed by atoms with Gasteiger partial charge in [0.25, 0.3) is 11.7 Å². The predicted molar refractivity (Wildman–Crippen MR) is 125 cm³/mol. The minimum atomic E-state index is -0.849. The van der Waals surface area contributed by atoms with Crippen molar-refractivity contribution in [3.8, 4) is 5.75 Å². The highest BCUT2D eigenvalue weighted by atomic mass is 19.1. The van der Waals surface area contributed by atoms with Gasteiger partial charge in [0.2, 0.25) is 0 Å². The van der Waals surface area contributed by atoms with Crippen LogP contribution in [0.3, 0.4) is 0 Å². The van der Waals surface area contributed by atoms with Crippen molar-refractivity contribution in [2.45, 2.75) is 32.9 Å². The van der Waals surface area contributed by atoms with Gasteiger partial charge < -0.3 is 14.7 Å². The number of hydrogen-bond acceptors (Lipinski definition) is 5. The molecule has 7 heteroatoms. The Morgan fingerprint density at radius 3 is 2.44 bits per heavy atom. The summed E-state index contributed by atoms with van der Waals surface area (Å²) in [5, 5.41) is 11.1. The molecule has 1 amide bonds. The van der Waals surface area contributed by atoms with E-state index >= 15 is 0 Å². The zero-order chi connectivity index (χ0) is 24.2. The van der Waals surface area contributed by atoms with Crippen molar-refractivity contribution in [1.82, 2.24) is 9.88 Å². The van der Waals surface area contributed by atoms with Crippen molar-refractivity contribution in [3.05, 3.63) is 101 Å². The first-order chi connectivity index (χ1) is 16.4. The number of nitrogens with zero attached hydrogens (tertiary/aromatic N) is 2. The highest BCUT2D eigenvalue weighted by molar-refractivity contribution is 6.46. The Morgan fingerprint density at radius 1 is 1.09 bits per heavy atom. The molecule has 6 nitrogen and oxygen atoms in total. The summed E-state index contributed by atoms with van der Waals surface area (Å²) in [6.07, 6.45) is 4.08. The van der Waals surface area contributed by atoms with Crippen molar-refractivity contribution in [2.24, 2.45) is 0 Å². The highest BCUT2D eigenvalue weighted by Gasteiger charge is 2.46. The molecule has 1 atom stereocenters. The SMILES string of the molecule is CCCOc1ccc([C@@H]2C(=C(O)c3ccc(C)c(F)c3)C(=O)C(=O)N2Cc2ccncc2)cc1. The van der Waals surface area contributed by atoms with E-state index in [9.17, 15) is 19.1 Å². The molecule has 174 valence electrons. The maximum Gasteiger partial charge on any atom is 0.295 e. The third-order valence-electron chi connectivity index (χ3n) is 5.76. The summed E-state index contributed by atoms with van der Waals surface area (Å²) >= 11 is 0. The second-order valence-corrected chi connectivity index (χ2v) is 8.16. The fraction of sp³-hybridized carbons (Fsp3) is 0.222. The number of aryl methyl sites for hydroxylation is 1. The summed E-state index contributed by atoms with van der Waals surface area (Å²) < 4.78 is 19.9. The number of benzene rings is 2. The molecule has 4 rings (SSSR count). The number of pyridine rings is 1. The van der Waals surface area contributed by atoms with Gasteiger partial charge in [0.1, 0.15) is 17.3 Å². The van der Waals surface area contributed by atoms with Gasteiger partial charge in [0, 0.05) is 24.5 Å². The van der Waals surface area contributed by atoms with Crippen molar-refractivity contribution in [3.63, 3.8) is 0 Å². The normalized spacial score (nSPS) is 17.3. The lowest BCUT2D eigenvalue weighted by Gasteiger charge is -2.25. The van der Waals surface area contributed by atoms with Gasteiger partial charge in [-0.2, -0.15) is 0 Å². The van der Waals surface area contributed by atoms with E-state index in [0.717, 1.165) is 12.0 Å². The van der Waals surface area contributed by atoms with E-state index < -0.39 is 29.3 Å². The lowest BCUT2D eigenvalue weighted by atomic mass is 9.94. The molecule has 1 fully saturated rings. The smallest absolute Gasteiger partial charge is 0.295 e. The zero-order valence-electron chi connectivity index (χ0n) is 19.0. The number of halogens is 1. The first-order valence-corrected chi connectivity index (χ1v) is 11.1. The molecule has 1 saturated heterocycles. The summed E-state index contributed by atoms with van der Waals surface area (Å²) in [5.41, 5.74) is 1.88. The average Bonchev–Trinajstić information content (AvgIpc) is 3.10. The van der Waals surface area contributed by atoms with Crippen LogP contribution in [0.15, 0.2) is 72.6 Å². The van der Waals surface area contributed by atoms with Crippen LogP contribution in [0.2, 0.25) is 0 Å². The van der Waals surface area contributed by atoms with Gasteiger partial charge in [-0.3, -0.25) is 14.6 Å². The minimum Gasteiger partial charge on any atom is -0.507 e. The number of aliphatic hydroxyl groups excluding tert-OH is 1. The number of hydrogen-bond donors (Lipinski definition) is 1. The molecule has 0 radical (unpaired) electrons. The number of likely N-dealkylation sites (tertiary alicyclic amines) is 1. The first kappa shape index (κ1) is 23.2. The van der Waals surface area contributed by atoms with Gasteiger partial charge in [-0.25, -0.2) is 4.39 Å². The molecular formula is C27H25FN2O4. The van der Waals surface area contributed by atoms with E-state index in [-0.39, 0.29) is 17.7 Å². The van der Waals surface area contributed by atoms with Crippen molar-refractivity contribution in [1.29, 1.82) is 0 Å². The highest BCUT2D eigenvalue weighted by Crippen LogP contribution is 2.40. The summed E-state index contributed by atoms with van der Waals surface area (Å²) in [7, 11) is 0. The largest absolute Gasteiger partial charge is 0.507 e. The number of amides is 1. The lowest BCUT2D eigenvalue weighted by Crippen LogP contribution is -2.29. The number of carbonyl (C=O) groups is 2. The molecule has 34 heavy (non-hydrogen) atoms. The van der Waals surface area contributed by atoms with Crippen LogP contribution in [-0.2, 0) is 16.1 Å². The van der Waals surface area contributed by atoms with Crippen LogP contribution in [0.1, 0.15) is 41.6 Å². The molecule has 0 aliphatic carbocycles. The van der Waals surface area contributed by atoms with E-state index in [1.165, 1.54) is 23.1 Å². The van der Waals surface area contributed by atoms with Crippen LogP contribution < -0.4 is 4.74 Å². The van der Waals surface area contributed by atoms with Crippen LogP contribution in [0.25, 0.3) is 5.76 Å². The second-order valence-electron chi connectivity index (χ2n) is 8.16. The Balaban J connectivity index is 1.82. The average molecular weight is 461 g/mol. The Morgan fingerprint density at radius 2 is 1.79 bits per heavy atom. The van der Waals surface area contributed by atoms with Crippen molar-refractivity contribution in [2.75, 3.05) is 6.61 Å². The zero-order valence-corrected chi connectivity index (χ0v) is 19.0. The van der Waals surface area contributed by atoms with Crippen LogP contribution in [0.4, 0.5) is 4.39 Å². The maximum absolute atomic E-state index is 14.2. The molecular weight excluding hydrogens is 435 g/mol. The molecule has 2 aromatic carbocycles. The van der Waals surface area contributed by atoms with Crippen LogP contribution in [0.5, 0.6) is 5.75 Å². The quantitative estimate of drug-likeness (QED) is 0.307. The molecule has 1 aliphatic rings. The fourth-order valence-electron chi connectivity index (χ4n) is 3.94. The van der Waals surface area contributed by atoms with Gasteiger partial charge in [0.05, 0.1) is 18.2 Å². The number of Topliss-reactive ketones (excluding diaryl/α,β-unsaturated/α-hetero) is 1. The summed E-state index contributed by atoms with van der Waals surface area (Å²) in [6, 6.07) is 14.0. The van der Waals surface area contributed by atoms with Gasteiger partial charge in [0.15, 0.2) is 0 Å². The Labute approximate surface area is 197 Å².